The monoisotopic (exact) mass is 492 g/mol. The van der Waals surface area contributed by atoms with Gasteiger partial charge in [-0.1, -0.05) is 56.8 Å². The summed E-state index contributed by atoms with van der Waals surface area (Å²) in [5, 5.41) is 6.97. The second-order valence-electron chi connectivity index (χ2n) is 9.68. The summed E-state index contributed by atoms with van der Waals surface area (Å²) >= 11 is 1.71. The van der Waals surface area contributed by atoms with Crippen molar-refractivity contribution in [3.63, 3.8) is 0 Å². The summed E-state index contributed by atoms with van der Waals surface area (Å²) in [4.78, 5) is 33.3. The van der Waals surface area contributed by atoms with Crippen LogP contribution in [0.15, 0.2) is 64.8 Å². The third-order valence-electron chi connectivity index (χ3n) is 6.00. The number of fused-ring (bicyclic) bond motifs is 1. The van der Waals surface area contributed by atoms with E-state index in [0.717, 1.165) is 29.4 Å². The molecule has 2 amide bonds. The highest BCUT2D eigenvalue weighted by atomic mass is 32.2. The summed E-state index contributed by atoms with van der Waals surface area (Å²) in [6.07, 6.45) is 1.00. The number of nitrogens with one attached hydrogen (secondary N) is 2. The summed E-state index contributed by atoms with van der Waals surface area (Å²) in [5.74, 6) is 1.31. The zero-order chi connectivity index (χ0) is 25.2. The van der Waals surface area contributed by atoms with E-state index in [0.29, 0.717) is 28.4 Å². The number of amidine groups is 1. The zero-order valence-electron chi connectivity index (χ0n) is 20.8. The van der Waals surface area contributed by atoms with E-state index in [2.05, 4.69) is 15.5 Å². The molecule has 8 heteroatoms. The lowest BCUT2D eigenvalue weighted by Gasteiger charge is -2.41. The van der Waals surface area contributed by atoms with Crippen LogP contribution in [0, 0.1) is 5.41 Å². The summed E-state index contributed by atoms with van der Waals surface area (Å²) in [6.45, 7) is 8.33. The molecule has 0 saturated carbocycles. The van der Waals surface area contributed by atoms with Gasteiger partial charge in [-0.15, -0.1) is 0 Å². The van der Waals surface area contributed by atoms with E-state index >= 15 is 0 Å². The van der Waals surface area contributed by atoms with Crippen molar-refractivity contribution in [2.24, 2.45) is 10.4 Å². The molecular formula is C27H32N4O3S. The molecule has 2 N–H and O–H groups in total. The van der Waals surface area contributed by atoms with Crippen molar-refractivity contribution in [2.45, 2.75) is 40.2 Å². The van der Waals surface area contributed by atoms with Gasteiger partial charge in [0, 0.05) is 23.4 Å². The van der Waals surface area contributed by atoms with E-state index in [4.69, 9.17) is 9.73 Å². The number of rotatable bonds is 5. The van der Waals surface area contributed by atoms with Crippen LogP contribution in [0.5, 0.6) is 5.75 Å². The van der Waals surface area contributed by atoms with Crippen molar-refractivity contribution >= 4 is 40.1 Å². The number of carbonyl (C=O) groups is 2. The Kier molecular flexibility index (Phi) is 7.21. The molecule has 0 aromatic heterocycles. The van der Waals surface area contributed by atoms with Crippen molar-refractivity contribution in [1.29, 1.82) is 0 Å². The number of nitrogens with zero attached hydrogens (tertiary/aromatic N) is 2. The highest BCUT2D eigenvalue weighted by Crippen LogP contribution is 2.40. The Balaban J connectivity index is 1.73. The molecule has 2 aromatic carbocycles. The molecule has 4 rings (SSSR count). The van der Waals surface area contributed by atoms with Gasteiger partial charge in [0.25, 0.3) is 5.91 Å². The number of amides is 2. The van der Waals surface area contributed by atoms with Gasteiger partial charge in [-0.25, -0.2) is 4.99 Å². The Morgan fingerprint density at radius 3 is 2.63 bits per heavy atom. The fourth-order valence-electron chi connectivity index (χ4n) is 4.15. The summed E-state index contributed by atoms with van der Waals surface area (Å²) in [5.41, 5.74) is 3.00. The fraction of sp³-hybridized carbons (Fsp3) is 0.370. The van der Waals surface area contributed by atoms with Crippen LogP contribution < -0.4 is 15.4 Å². The lowest BCUT2D eigenvalue weighted by atomic mass is 9.92. The number of para-hydroxylation sites is 2. The lowest BCUT2D eigenvalue weighted by Crippen LogP contribution is -2.43. The molecule has 2 aliphatic rings. The number of ether oxygens (including phenoxy) is 1. The van der Waals surface area contributed by atoms with Crippen LogP contribution in [0.2, 0.25) is 0 Å². The Bertz CT molecular complexity index is 1200. The normalized spacial score (nSPS) is 17.9. The van der Waals surface area contributed by atoms with Gasteiger partial charge in [0.2, 0.25) is 5.91 Å². The number of allylic oxidation sites excluding steroid dienone is 1. The standard InChI is InChI=1S/C27H32N4O3S/c1-17-22(24(32)30-20-12-6-7-13-21(20)34-5)23(31-14-9-15-35-26(31)28-17)18-10-8-11-19(16-18)29-25(33)27(2,3)4/h6-8,10-13,16,23H,9,14-15H2,1-5H3,(H,29,33)(H,30,32). The van der Waals surface area contributed by atoms with E-state index in [1.807, 2.05) is 76.2 Å². The van der Waals surface area contributed by atoms with Crippen molar-refractivity contribution in [1.82, 2.24) is 4.90 Å². The smallest absolute Gasteiger partial charge is 0.255 e. The highest BCUT2D eigenvalue weighted by Gasteiger charge is 2.37. The molecule has 1 atom stereocenters. The van der Waals surface area contributed by atoms with Crippen LogP contribution in [0.25, 0.3) is 0 Å². The van der Waals surface area contributed by atoms with Gasteiger partial charge in [-0.05, 0) is 43.2 Å². The number of carbonyl (C=O) groups excluding carboxylic acids is 2. The predicted molar refractivity (Wildman–Crippen MR) is 143 cm³/mol. The van der Waals surface area contributed by atoms with Crippen molar-refractivity contribution in [3.05, 3.63) is 65.4 Å². The third-order valence-corrected chi connectivity index (χ3v) is 7.08. The van der Waals surface area contributed by atoms with Gasteiger partial charge in [0.05, 0.1) is 30.1 Å². The summed E-state index contributed by atoms with van der Waals surface area (Å²) in [6, 6.07) is 14.8. The number of hydrogen-bond acceptors (Lipinski definition) is 6. The minimum atomic E-state index is -0.513. The van der Waals surface area contributed by atoms with Gasteiger partial charge in [-0.3, -0.25) is 9.59 Å². The molecule has 0 spiro atoms. The molecule has 1 unspecified atom stereocenters. The number of benzene rings is 2. The molecule has 0 aliphatic carbocycles. The topological polar surface area (TPSA) is 83.0 Å². The second kappa shape index (κ2) is 10.2. The highest BCUT2D eigenvalue weighted by molar-refractivity contribution is 8.13. The van der Waals surface area contributed by atoms with Crippen LogP contribution in [0.4, 0.5) is 11.4 Å². The molecule has 35 heavy (non-hydrogen) atoms. The molecule has 1 saturated heterocycles. The van der Waals surface area contributed by atoms with Gasteiger partial charge >= 0.3 is 0 Å². The van der Waals surface area contributed by atoms with Gasteiger partial charge in [0.15, 0.2) is 5.17 Å². The van der Waals surface area contributed by atoms with Gasteiger partial charge in [0.1, 0.15) is 5.75 Å². The Morgan fingerprint density at radius 2 is 1.89 bits per heavy atom. The number of methoxy groups -OCH3 is 1. The molecule has 2 heterocycles. The molecule has 184 valence electrons. The number of thioether (sulfide) groups is 1. The summed E-state index contributed by atoms with van der Waals surface area (Å²) in [7, 11) is 1.58. The maximum absolute atomic E-state index is 13.7. The van der Waals surface area contributed by atoms with Crippen molar-refractivity contribution in [2.75, 3.05) is 30.0 Å². The Labute approximate surface area is 211 Å². The summed E-state index contributed by atoms with van der Waals surface area (Å²) < 4.78 is 5.43. The SMILES string of the molecule is COc1ccccc1NC(=O)C1=C(C)N=C2SCCCN2C1c1cccc(NC(=O)C(C)(C)C)c1. The first-order chi connectivity index (χ1) is 16.7. The third kappa shape index (κ3) is 5.37. The molecule has 0 radical (unpaired) electrons. The number of hydrogen-bond donors (Lipinski definition) is 2. The van der Waals surface area contributed by atoms with Crippen LogP contribution >= 0.6 is 11.8 Å². The molecular weight excluding hydrogens is 460 g/mol. The van der Waals surface area contributed by atoms with Gasteiger partial charge in [-0.2, -0.15) is 0 Å². The minimum Gasteiger partial charge on any atom is -0.495 e. The van der Waals surface area contributed by atoms with Crippen LogP contribution in [-0.2, 0) is 9.59 Å². The predicted octanol–water partition coefficient (Wildman–Crippen LogP) is 5.44. The van der Waals surface area contributed by atoms with E-state index < -0.39 is 5.41 Å². The molecule has 7 nitrogen and oxygen atoms in total. The molecule has 1 fully saturated rings. The van der Waals surface area contributed by atoms with Crippen LogP contribution in [-0.4, -0.2) is 41.3 Å². The Morgan fingerprint density at radius 1 is 1.11 bits per heavy atom. The van der Waals surface area contributed by atoms with Crippen LogP contribution in [0.1, 0.15) is 45.7 Å². The molecule has 2 aromatic rings. The zero-order valence-corrected chi connectivity index (χ0v) is 21.7. The van der Waals surface area contributed by atoms with E-state index in [-0.39, 0.29) is 17.9 Å². The van der Waals surface area contributed by atoms with Gasteiger partial charge < -0.3 is 20.3 Å². The maximum atomic E-state index is 13.7. The Hall–Kier alpha value is -3.26. The quantitative estimate of drug-likeness (QED) is 0.581. The van der Waals surface area contributed by atoms with E-state index in [1.54, 1.807) is 18.9 Å². The minimum absolute atomic E-state index is 0.0602. The fourth-order valence-corrected chi connectivity index (χ4v) is 5.17. The second-order valence-corrected chi connectivity index (χ2v) is 10.7. The first-order valence-corrected chi connectivity index (χ1v) is 12.7. The largest absolute Gasteiger partial charge is 0.495 e. The van der Waals surface area contributed by atoms with Crippen LogP contribution in [0.3, 0.4) is 0 Å². The lowest BCUT2D eigenvalue weighted by molar-refractivity contribution is -0.123. The maximum Gasteiger partial charge on any atom is 0.255 e. The average Bonchev–Trinajstić information content (AvgIpc) is 2.83. The first kappa shape index (κ1) is 24.9. The molecule has 0 bridgehead atoms. The number of aliphatic imine (C=N–C) groups is 1. The van der Waals surface area contributed by atoms with Crippen molar-refractivity contribution in [3.8, 4) is 5.75 Å². The van der Waals surface area contributed by atoms with E-state index in [9.17, 15) is 9.59 Å². The number of anilines is 2. The van der Waals surface area contributed by atoms with Crippen molar-refractivity contribution < 1.29 is 14.3 Å². The van der Waals surface area contributed by atoms with E-state index in [1.165, 1.54) is 0 Å². The molecule has 2 aliphatic heterocycles. The first-order valence-electron chi connectivity index (χ1n) is 11.7. The average molecular weight is 493 g/mol.